The Morgan fingerprint density at radius 3 is 1.43 bits per heavy atom. The zero-order valence-corrected chi connectivity index (χ0v) is 16.3. The van der Waals surface area contributed by atoms with Crippen molar-refractivity contribution in [3.05, 3.63) is 108 Å². The first-order valence-electron chi connectivity index (χ1n) is 10.1. The molecule has 0 aliphatic carbocycles. The number of hydrogen-bond acceptors (Lipinski definition) is 2. The quantitative estimate of drug-likeness (QED) is 0.506. The van der Waals surface area contributed by atoms with Gasteiger partial charge in [-0.05, 0) is 36.8 Å². The average molecular weight is 369 g/mol. The Morgan fingerprint density at radius 2 is 1.00 bits per heavy atom. The molecule has 2 unspecified atom stereocenters. The minimum absolute atomic E-state index is 0.0625. The maximum Gasteiger partial charge on any atom is 0.0926 e. The van der Waals surface area contributed by atoms with Gasteiger partial charge >= 0.3 is 0 Å². The van der Waals surface area contributed by atoms with E-state index >= 15 is 0 Å². The first-order chi connectivity index (χ1) is 13.9. The number of benzene rings is 2. The van der Waals surface area contributed by atoms with Crippen LogP contribution in [0.15, 0.2) is 107 Å². The highest BCUT2D eigenvalue weighted by atomic mass is 15.1. The molecule has 3 rings (SSSR count). The zero-order valence-electron chi connectivity index (χ0n) is 16.3. The fourth-order valence-corrected chi connectivity index (χ4v) is 2.97. The second-order valence-electron chi connectivity index (χ2n) is 6.90. The molecule has 2 nitrogen and oxygen atoms in total. The molecule has 1 heterocycles. The van der Waals surface area contributed by atoms with E-state index in [4.69, 9.17) is 0 Å². The Hall–Kier alpha value is -3.00. The number of rotatable bonds is 4. The Bertz CT molecular complexity index is 758. The van der Waals surface area contributed by atoms with E-state index in [9.17, 15) is 0 Å². The average Bonchev–Trinajstić information content (AvgIpc) is 2.74. The van der Waals surface area contributed by atoms with Crippen molar-refractivity contribution in [3.63, 3.8) is 0 Å². The topological polar surface area (TPSA) is 24.7 Å². The lowest BCUT2D eigenvalue weighted by Gasteiger charge is -2.08. The first-order valence-corrected chi connectivity index (χ1v) is 10.1. The van der Waals surface area contributed by atoms with E-state index in [0.717, 1.165) is 25.7 Å². The van der Waals surface area contributed by atoms with E-state index in [1.807, 2.05) is 12.1 Å². The monoisotopic (exact) mass is 368 g/mol. The Kier molecular flexibility index (Phi) is 8.22. The largest absolute Gasteiger partial charge is 0.186 e. The van der Waals surface area contributed by atoms with Crippen LogP contribution in [-0.4, -0.2) is 12.1 Å². The van der Waals surface area contributed by atoms with E-state index in [0.29, 0.717) is 0 Å². The van der Waals surface area contributed by atoms with Gasteiger partial charge in [0.05, 0.1) is 12.1 Å². The minimum atomic E-state index is 0.0625. The maximum atomic E-state index is 4.67. The Morgan fingerprint density at radius 1 is 0.571 bits per heavy atom. The lowest BCUT2D eigenvalue weighted by atomic mass is 10.1. The summed E-state index contributed by atoms with van der Waals surface area (Å²) in [6, 6.07) is 20.8. The van der Waals surface area contributed by atoms with Crippen LogP contribution in [0.1, 0.15) is 36.8 Å². The molecule has 0 fully saturated rings. The molecule has 0 N–H and O–H groups in total. The van der Waals surface area contributed by atoms with Crippen LogP contribution < -0.4 is 0 Å². The smallest absolute Gasteiger partial charge is 0.0926 e. The summed E-state index contributed by atoms with van der Waals surface area (Å²) >= 11 is 0. The van der Waals surface area contributed by atoms with Crippen LogP contribution in [0.4, 0.5) is 0 Å². The Labute approximate surface area is 168 Å². The van der Waals surface area contributed by atoms with Gasteiger partial charge in [0.15, 0.2) is 0 Å². The van der Waals surface area contributed by atoms with Crippen LogP contribution in [0.5, 0.6) is 0 Å². The molecule has 1 aliphatic rings. The van der Waals surface area contributed by atoms with Gasteiger partial charge in [0.2, 0.25) is 0 Å². The third kappa shape index (κ3) is 7.32. The van der Waals surface area contributed by atoms with Gasteiger partial charge in [0.1, 0.15) is 0 Å². The summed E-state index contributed by atoms with van der Waals surface area (Å²) in [5, 5.41) is 9.34. The summed E-state index contributed by atoms with van der Waals surface area (Å²) in [5.74, 6) is 0. The fourth-order valence-electron chi connectivity index (χ4n) is 2.97. The van der Waals surface area contributed by atoms with Crippen molar-refractivity contribution < 1.29 is 0 Å². The number of hydrogen-bond donors (Lipinski definition) is 0. The van der Waals surface area contributed by atoms with E-state index in [1.165, 1.54) is 11.1 Å². The van der Waals surface area contributed by atoms with Gasteiger partial charge in [-0.25, -0.2) is 0 Å². The van der Waals surface area contributed by atoms with Gasteiger partial charge in [-0.15, -0.1) is 0 Å². The highest BCUT2D eigenvalue weighted by molar-refractivity contribution is 5.50. The molecule has 2 heteroatoms. The Balaban J connectivity index is 1.74. The molecule has 1 aliphatic heterocycles. The molecule has 0 saturated carbocycles. The van der Waals surface area contributed by atoms with E-state index < -0.39 is 0 Å². The molecule has 0 aromatic heterocycles. The maximum absolute atomic E-state index is 4.67. The number of nitrogens with zero attached hydrogens (tertiary/aromatic N) is 2. The molecule has 0 radical (unpaired) electrons. The fraction of sp³-hybridized carbons (Fsp3) is 0.231. The van der Waals surface area contributed by atoms with Gasteiger partial charge in [-0.2, -0.15) is 10.2 Å². The highest BCUT2D eigenvalue weighted by Gasteiger charge is 2.05. The van der Waals surface area contributed by atoms with Gasteiger partial charge in [-0.1, -0.05) is 109 Å². The van der Waals surface area contributed by atoms with Crippen molar-refractivity contribution in [3.8, 4) is 0 Å². The molecule has 2 aromatic carbocycles. The highest BCUT2D eigenvalue weighted by Crippen LogP contribution is 2.13. The summed E-state index contributed by atoms with van der Waals surface area (Å²) in [5.41, 5.74) is 2.38. The van der Waals surface area contributed by atoms with Crippen molar-refractivity contribution in [1.29, 1.82) is 0 Å². The molecule has 0 amide bonds. The van der Waals surface area contributed by atoms with Crippen molar-refractivity contribution >= 4 is 12.2 Å². The number of azo groups is 1. The zero-order chi connectivity index (χ0) is 19.3. The van der Waals surface area contributed by atoms with Crippen LogP contribution in [0.25, 0.3) is 12.2 Å². The molecule has 142 valence electrons. The van der Waals surface area contributed by atoms with Gasteiger partial charge in [0, 0.05) is 0 Å². The lowest BCUT2D eigenvalue weighted by Crippen LogP contribution is -2.02. The van der Waals surface area contributed by atoms with Crippen LogP contribution >= 0.6 is 0 Å². The predicted octanol–water partition coefficient (Wildman–Crippen LogP) is 7.29. The third-order valence-electron chi connectivity index (χ3n) is 4.57. The molecule has 0 bridgehead atoms. The second-order valence-corrected chi connectivity index (χ2v) is 6.90. The van der Waals surface area contributed by atoms with E-state index in [2.05, 4.69) is 107 Å². The van der Waals surface area contributed by atoms with Crippen molar-refractivity contribution in [2.45, 2.75) is 37.8 Å². The molecular formula is C26H28N2. The number of allylic oxidation sites excluding steroid dienone is 2. The van der Waals surface area contributed by atoms with E-state index in [-0.39, 0.29) is 12.1 Å². The summed E-state index contributed by atoms with van der Waals surface area (Å²) in [6.45, 7) is 0. The SMILES string of the molecule is C(=CC1C/C=C/CC/C=C/CC(C=Cc2ccccc2)/N=N/1)c1ccccc1. The van der Waals surface area contributed by atoms with Crippen LogP contribution in [0.3, 0.4) is 0 Å². The molecular weight excluding hydrogens is 340 g/mol. The van der Waals surface area contributed by atoms with Crippen molar-refractivity contribution in [2.24, 2.45) is 10.2 Å². The van der Waals surface area contributed by atoms with Gasteiger partial charge < -0.3 is 0 Å². The van der Waals surface area contributed by atoms with Crippen LogP contribution in [-0.2, 0) is 0 Å². The third-order valence-corrected chi connectivity index (χ3v) is 4.57. The lowest BCUT2D eigenvalue weighted by molar-refractivity contribution is 0.687. The van der Waals surface area contributed by atoms with Crippen LogP contribution in [0.2, 0.25) is 0 Å². The van der Waals surface area contributed by atoms with Gasteiger partial charge in [-0.3, -0.25) is 0 Å². The normalized spacial score (nSPS) is 24.4. The van der Waals surface area contributed by atoms with Crippen molar-refractivity contribution in [1.82, 2.24) is 0 Å². The van der Waals surface area contributed by atoms with Crippen molar-refractivity contribution in [2.75, 3.05) is 0 Å². The molecule has 0 spiro atoms. The predicted molar refractivity (Wildman–Crippen MR) is 120 cm³/mol. The van der Waals surface area contributed by atoms with E-state index in [1.54, 1.807) is 0 Å². The molecule has 28 heavy (non-hydrogen) atoms. The summed E-state index contributed by atoms with van der Waals surface area (Å²) in [6.07, 6.45) is 21.4. The minimum Gasteiger partial charge on any atom is -0.186 e. The summed E-state index contributed by atoms with van der Waals surface area (Å²) in [7, 11) is 0. The van der Waals surface area contributed by atoms with Crippen LogP contribution in [0, 0.1) is 0 Å². The first kappa shape index (κ1) is 19.8. The second kappa shape index (κ2) is 11.7. The molecule has 2 atom stereocenters. The molecule has 0 saturated heterocycles. The standard InChI is InChI=1S/C26H28N2/c1-2-4-12-18-26(22-20-24-15-9-6-10-16-24)28-27-25(17-11-3-1)21-19-23-13-7-5-8-14-23/h3-16,19-22,25-26H,1-2,17-18H2/b11-3+,12-4+,21-19?,22-20?,28-27+. The summed E-state index contributed by atoms with van der Waals surface area (Å²) in [4.78, 5) is 0. The van der Waals surface area contributed by atoms with Gasteiger partial charge in [0.25, 0.3) is 0 Å². The molecule has 2 aromatic rings. The summed E-state index contributed by atoms with van der Waals surface area (Å²) < 4.78 is 0.